The van der Waals surface area contributed by atoms with Gasteiger partial charge in [0.15, 0.2) is 0 Å². The van der Waals surface area contributed by atoms with Crippen LogP contribution in [-0.4, -0.2) is 14.4 Å². The van der Waals surface area contributed by atoms with E-state index in [2.05, 4.69) is 70.2 Å². The number of nitrogens with zero attached hydrogens (tertiary/aromatic N) is 3. The summed E-state index contributed by atoms with van der Waals surface area (Å²) in [5.41, 5.74) is 13.6. The van der Waals surface area contributed by atoms with E-state index < -0.39 is 0 Å². The predicted molar refractivity (Wildman–Crippen MR) is 124 cm³/mol. The molecular formula is C28H17N3. The first-order valence-corrected chi connectivity index (χ1v) is 10.8. The van der Waals surface area contributed by atoms with E-state index in [-0.39, 0.29) is 0 Å². The first-order valence-electron chi connectivity index (χ1n) is 10.8. The van der Waals surface area contributed by atoms with E-state index in [0.717, 1.165) is 24.0 Å². The molecular weight excluding hydrogens is 378 g/mol. The molecule has 0 saturated heterocycles. The van der Waals surface area contributed by atoms with E-state index in [9.17, 15) is 0 Å². The fourth-order valence-electron chi connectivity index (χ4n) is 5.95. The number of hydrogen-bond donors (Lipinski definition) is 0. The van der Waals surface area contributed by atoms with Crippen LogP contribution in [-0.2, 0) is 12.8 Å². The lowest BCUT2D eigenvalue weighted by Gasteiger charge is -2.13. The molecule has 8 rings (SSSR count). The second-order valence-corrected chi connectivity index (χ2v) is 8.66. The van der Waals surface area contributed by atoms with Gasteiger partial charge in [-0.15, -0.1) is 0 Å². The van der Waals surface area contributed by atoms with Gasteiger partial charge in [-0.25, -0.2) is 4.98 Å². The van der Waals surface area contributed by atoms with Crippen molar-refractivity contribution in [1.82, 2.24) is 14.4 Å². The number of imidazole rings is 1. The van der Waals surface area contributed by atoms with Crippen LogP contribution in [0.15, 0.2) is 79.4 Å². The Bertz CT molecular complexity index is 1740. The van der Waals surface area contributed by atoms with E-state index in [1.807, 2.05) is 18.6 Å². The average Bonchev–Trinajstić information content (AvgIpc) is 3.53. The van der Waals surface area contributed by atoms with E-state index in [1.165, 1.54) is 60.7 Å². The van der Waals surface area contributed by atoms with Crippen molar-refractivity contribution in [2.75, 3.05) is 0 Å². The molecule has 3 nitrogen and oxygen atoms in total. The maximum absolute atomic E-state index is 4.79. The molecule has 0 aliphatic heterocycles. The molecule has 3 heterocycles. The monoisotopic (exact) mass is 395 g/mol. The molecule has 0 N–H and O–H groups in total. The van der Waals surface area contributed by atoms with Gasteiger partial charge in [0, 0.05) is 35.6 Å². The second-order valence-electron chi connectivity index (χ2n) is 8.66. The molecule has 2 aliphatic carbocycles. The fourth-order valence-corrected chi connectivity index (χ4v) is 5.95. The minimum Gasteiger partial charge on any atom is -0.299 e. The van der Waals surface area contributed by atoms with Gasteiger partial charge in [0.1, 0.15) is 5.65 Å². The number of rotatable bonds is 0. The Hall–Kier alpha value is -3.98. The number of aromatic nitrogens is 3. The van der Waals surface area contributed by atoms with Crippen molar-refractivity contribution in [3.8, 4) is 22.3 Å². The summed E-state index contributed by atoms with van der Waals surface area (Å²) >= 11 is 0. The SMILES string of the molecule is c1ccc2c(c1)Cc1c-2ccc2c1Cc1ccc3c4cnccc4n4ccnc4c3c1-2. The third kappa shape index (κ3) is 1.85. The predicted octanol–water partition coefficient (Wildman–Crippen LogP) is 6.18. The summed E-state index contributed by atoms with van der Waals surface area (Å²) in [5.74, 6) is 0. The summed E-state index contributed by atoms with van der Waals surface area (Å²) < 4.78 is 2.21. The van der Waals surface area contributed by atoms with Gasteiger partial charge >= 0.3 is 0 Å². The van der Waals surface area contributed by atoms with Crippen molar-refractivity contribution in [2.45, 2.75) is 12.8 Å². The Morgan fingerprint density at radius 3 is 2.58 bits per heavy atom. The lowest BCUT2D eigenvalue weighted by atomic mass is 9.94. The number of benzene rings is 3. The molecule has 3 aromatic heterocycles. The maximum atomic E-state index is 4.79. The Kier molecular flexibility index (Phi) is 2.74. The molecule has 0 atom stereocenters. The fraction of sp³-hybridized carbons (Fsp3) is 0.0714. The van der Waals surface area contributed by atoms with Crippen LogP contribution in [0.3, 0.4) is 0 Å². The molecule has 0 spiro atoms. The lowest BCUT2D eigenvalue weighted by molar-refractivity contribution is 1.16. The highest BCUT2D eigenvalue weighted by Crippen LogP contribution is 2.49. The zero-order valence-electron chi connectivity index (χ0n) is 16.8. The van der Waals surface area contributed by atoms with Crippen LogP contribution in [0.1, 0.15) is 22.3 Å². The van der Waals surface area contributed by atoms with E-state index >= 15 is 0 Å². The van der Waals surface area contributed by atoms with Crippen LogP contribution in [0.2, 0.25) is 0 Å². The summed E-state index contributed by atoms with van der Waals surface area (Å²) in [6, 6.07) is 20.2. The van der Waals surface area contributed by atoms with Gasteiger partial charge in [-0.3, -0.25) is 9.38 Å². The van der Waals surface area contributed by atoms with E-state index in [4.69, 9.17) is 4.98 Å². The molecule has 31 heavy (non-hydrogen) atoms. The van der Waals surface area contributed by atoms with Crippen LogP contribution in [0, 0.1) is 0 Å². The van der Waals surface area contributed by atoms with Gasteiger partial charge in [-0.05, 0) is 68.8 Å². The van der Waals surface area contributed by atoms with Crippen molar-refractivity contribution in [3.05, 3.63) is 102 Å². The maximum Gasteiger partial charge on any atom is 0.145 e. The van der Waals surface area contributed by atoms with Gasteiger partial charge in [-0.2, -0.15) is 0 Å². The Morgan fingerprint density at radius 1 is 0.710 bits per heavy atom. The zero-order valence-corrected chi connectivity index (χ0v) is 16.8. The van der Waals surface area contributed by atoms with Crippen molar-refractivity contribution >= 4 is 27.3 Å². The average molecular weight is 395 g/mol. The summed E-state index contributed by atoms with van der Waals surface area (Å²) in [6.07, 6.45) is 9.84. The van der Waals surface area contributed by atoms with Gasteiger partial charge < -0.3 is 0 Å². The molecule has 0 bridgehead atoms. The molecule has 2 aliphatic rings. The Labute approximate surface area is 178 Å². The van der Waals surface area contributed by atoms with Crippen LogP contribution in [0.5, 0.6) is 0 Å². The quantitative estimate of drug-likeness (QED) is 0.287. The molecule has 3 heteroatoms. The summed E-state index contributed by atoms with van der Waals surface area (Å²) in [7, 11) is 0. The summed E-state index contributed by atoms with van der Waals surface area (Å²) in [6.45, 7) is 0. The second kappa shape index (κ2) is 5.38. The van der Waals surface area contributed by atoms with Gasteiger partial charge in [0.25, 0.3) is 0 Å². The van der Waals surface area contributed by atoms with Crippen molar-refractivity contribution < 1.29 is 0 Å². The number of hydrogen-bond acceptors (Lipinski definition) is 2. The largest absolute Gasteiger partial charge is 0.299 e. The van der Waals surface area contributed by atoms with Gasteiger partial charge in [0.05, 0.1) is 5.52 Å². The molecule has 0 amide bonds. The third-order valence-corrected chi connectivity index (χ3v) is 7.25. The van der Waals surface area contributed by atoms with Crippen LogP contribution in [0.4, 0.5) is 0 Å². The van der Waals surface area contributed by atoms with E-state index in [1.54, 1.807) is 0 Å². The van der Waals surface area contributed by atoms with Crippen LogP contribution < -0.4 is 0 Å². The Balaban J connectivity index is 1.51. The lowest BCUT2D eigenvalue weighted by Crippen LogP contribution is -1.93. The highest BCUT2D eigenvalue weighted by molar-refractivity contribution is 6.18. The summed E-state index contributed by atoms with van der Waals surface area (Å²) in [5, 5.41) is 3.65. The molecule has 144 valence electrons. The highest BCUT2D eigenvalue weighted by atomic mass is 15.0. The third-order valence-electron chi connectivity index (χ3n) is 7.25. The minimum atomic E-state index is 0.996. The van der Waals surface area contributed by atoms with Crippen molar-refractivity contribution in [2.24, 2.45) is 0 Å². The first-order chi connectivity index (χ1) is 15.4. The molecule has 3 aromatic carbocycles. The zero-order chi connectivity index (χ0) is 20.1. The van der Waals surface area contributed by atoms with Crippen LogP contribution in [0.25, 0.3) is 49.6 Å². The van der Waals surface area contributed by atoms with E-state index in [0.29, 0.717) is 0 Å². The smallest absolute Gasteiger partial charge is 0.145 e. The number of fused-ring (bicyclic) bond motifs is 14. The molecule has 0 saturated carbocycles. The number of pyridine rings is 2. The molecule has 0 radical (unpaired) electrons. The highest BCUT2D eigenvalue weighted by Gasteiger charge is 2.29. The topological polar surface area (TPSA) is 30.2 Å². The molecule has 6 aromatic rings. The van der Waals surface area contributed by atoms with Gasteiger partial charge in [0.2, 0.25) is 0 Å². The Morgan fingerprint density at radius 2 is 1.58 bits per heavy atom. The minimum absolute atomic E-state index is 0.996. The summed E-state index contributed by atoms with van der Waals surface area (Å²) in [4.78, 5) is 9.22. The standard InChI is InChI=1S/C28H17N3/c1-2-4-18-16(3-1)13-22-19(18)7-8-20-23(22)14-17-5-6-21-24-15-29-10-9-25(24)31-12-11-30-28(31)27(21)26(17)20/h1-12,15H,13-14H2. The molecule has 0 fully saturated rings. The first kappa shape index (κ1) is 15.8. The van der Waals surface area contributed by atoms with Crippen molar-refractivity contribution in [3.63, 3.8) is 0 Å². The van der Waals surface area contributed by atoms with Gasteiger partial charge in [-0.1, -0.05) is 48.5 Å². The van der Waals surface area contributed by atoms with Crippen molar-refractivity contribution in [1.29, 1.82) is 0 Å². The molecule has 0 unspecified atom stereocenters. The normalized spacial score (nSPS) is 13.5. The van der Waals surface area contributed by atoms with Crippen LogP contribution >= 0.6 is 0 Å².